The third-order valence-corrected chi connectivity index (χ3v) is 6.64. The number of pyridine rings is 1. The number of thiazole rings is 1. The van der Waals surface area contributed by atoms with Gasteiger partial charge in [-0.3, -0.25) is 19.5 Å². The Morgan fingerprint density at radius 1 is 1.12 bits per heavy atom. The molecule has 1 amide bonds. The molecule has 7 nitrogen and oxygen atoms in total. The fourth-order valence-corrected chi connectivity index (χ4v) is 5.16. The maximum absolute atomic E-state index is 13.3. The van der Waals surface area contributed by atoms with Crippen molar-refractivity contribution < 1.29 is 19.4 Å². The summed E-state index contributed by atoms with van der Waals surface area (Å²) < 4.78 is 6.56. The normalized spacial score (nSPS) is 17.5. The van der Waals surface area contributed by atoms with Gasteiger partial charge in [0.25, 0.3) is 5.78 Å². The van der Waals surface area contributed by atoms with Crippen molar-refractivity contribution in [2.75, 3.05) is 11.5 Å². The Bertz CT molecular complexity index is 1440. The summed E-state index contributed by atoms with van der Waals surface area (Å²) >= 11 is 1.33. The summed E-state index contributed by atoms with van der Waals surface area (Å²) in [5.74, 6) is -1.16. The zero-order valence-corrected chi connectivity index (χ0v) is 19.4. The van der Waals surface area contributed by atoms with Gasteiger partial charge in [-0.2, -0.15) is 0 Å². The molecule has 3 heterocycles. The monoisotopic (exact) mass is 471 g/mol. The first kappa shape index (κ1) is 21.8. The minimum atomic E-state index is -0.866. The number of carbonyl (C=O) groups excluding carboxylic acids is 2. The lowest BCUT2D eigenvalue weighted by Gasteiger charge is -2.23. The third kappa shape index (κ3) is 3.72. The van der Waals surface area contributed by atoms with Crippen LogP contribution in [0.15, 0.2) is 72.6 Å². The van der Waals surface area contributed by atoms with Crippen LogP contribution in [0.3, 0.4) is 0 Å². The van der Waals surface area contributed by atoms with Crippen LogP contribution >= 0.6 is 11.3 Å². The van der Waals surface area contributed by atoms with Crippen molar-refractivity contribution in [1.29, 1.82) is 0 Å². The number of amides is 1. The highest BCUT2D eigenvalue weighted by atomic mass is 32.1. The Labute approximate surface area is 200 Å². The molecule has 4 aromatic rings. The van der Waals surface area contributed by atoms with Gasteiger partial charge in [0, 0.05) is 18.0 Å². The lowest BCUT2D eigenvalue weighted by atomic mass is 9.95. The number of carbonyl (C=O) groups is 2. The lowest BCUT2D eigenvalue weighted by Crippen LogP contribution is -2.29. The van der Waals surface area contributed by atoms with E-state index in [4.69, 9.17) is 4.74 Å². The molecule has 1 aliphatic heterocycles. The number of aliphatic hydroxyl groups excluding tert-OH is 1. The minimum Gasteiger partial charge on any atom is -0.507 e. The predicted octanol–water partition coefficient (Wildman–Crippen LogP) is 5.02. The number of ether oxygens (including phenoxy) is 1. The van der Waals surface area contributed by atoms with E-state index in [0.717, 1.165) is 15.8 Å². The predicted molar refractivity (Wildman–Crippen MR) is 131 cm³/mol. The van der Waals surface area contributed by atoms with E-state index in [-0.39, 0.29) is 11.3 Å². The Morgan fingerprint density at radius 2 is 1.91 bits per heavy atom. The molecule has 1 unspecified atom stereocenters. The third-order valence-electron chi connectivity index (χ3n) is 5.62. The van der Waals surface area contributed by atoms with Crippen molar-refractivity contribution in [3.05, 3.63) is 89.3 Å². The van der Waals surface area contributed by atoms with E-state index < -0.39 is 17.7 Å². The highest BCUT2D eigenvalue weighted by molar-refractivity contribution is 7.22. The Hall–Kier alpha value is -4.04. The van der Waals surface area contributed by atoms with Crippen LogP contribution in [0.1, 0.15) is 29.7 Å². The lowest BCUT2D eigenvalue weighted by molar-refractivity contribution is -0.132. The van der Waals surface area contributed by atoms with E-state index in [1.54, 1.807) is 24.3 Å². The van der Waals surface area contributed by atoms with Crippen LogP contribution < -0.4 is 9.64 Å². The van der Waals surface area contributed by atoms with E-state index in [1.165, 1.54) is 28.6 Å². The highest BCUT2D eigenvalue weighted by Crippen LogP contribution is 2.44. The maximum Gasteiger partial charge on any atom is 0.301 e. The fraction of sp³-hybridized carbons (Fsp3) is 0.154. The standard InChI is InChI=1S/C26H21N3O4S/c1-3-33-18-6-4-5-17(14-18)22-21(23(30)16-9-11-27-12-10-16)24(31)25(32)29(22)26-28-19-8-7-15(2)13-20(19)34-26/h4-14,22,30H,3H2,1-2H3/b23-21+. The van der Waals surface area contributed by atoms with E-state index in [2.05, 4.69) is 9.97 Å². The Kier molecular flexibility index (Phi) is 5.59. The van der Waals surface area contributed by atoms with Crippen LogP contribution in [0.2, 0.25) is 0 Å². The summed E-state index contributed by atoms with van der Waals surface area (Å²) in [6.45, 7) is 4.34. The molecule has 1 atom stereocenters. The van der Waals surface area contributed by atoms with Crippen LogP contribution in [-0.4, -0.2) is 33.4 Å². The van der Waals surface area contributed by atoms with Crippen LogP contribution in [-0.2, 0) is 9.59 Å². The molecule has 0 radical (unpaired) electrons. The number of aliphatic hydroxyl groups is 1. The molecule has 34 heavy (non-hydrogen) atoms. The quantitative estimate of drug-likeness (QED) is 0.249. The number of hydrogen-bond donors (Lipinski definition) is 1. The van der Waals surface area contributed by atoms with Crippen molar-refractivity contribution >= 4 is 44.1 Å². The van der Waals surface area contributed by atoms with Gasteiger partial charge in [-0.1, -0.05) is 29.5 Å². The van der Waals surface area contributed by atoms with Gasteiger partial charge in [0.1, 0.15) is 11.5 Å². The van der Waals surface area contributed by atoms with Gasteiger partial charge in [-0.15, -0.1) is 0 Å². The minimum absolute atomic E-state index is 0.000264. The van der Waals surface area contributed by atoms with Crippen LogP contribution in [0.25, 0.3) is 16.0 Å². The highest BCUT2D eigenvalue weighted by Gasteiger charge is 2.48. The molecule has 8 heteroatoms. The summed E-state index contributed by atoms with van der Waals surface area (Å²) in [5.41, 5.74) is 2.85. The number of ketones is 1. The van der Waals surface area contributed by atoms with Gasteiger partial charge in [-0.25, -0.2) is 4.98 Å². The molecule has 0 bridgehead atoms. The number of aryl methyl sites for hydroxylation is 1. The summed E-state index contributed by atoms with van der Waals surface area (Å²) in [6.07, 6.45) is 3.04. The number of benzene rings is 2. The fourth-order valence-electron chi connectivity index (χ4n) is 4.07. The van der Waals surface area contributed by atoms with Crippen molar-refractivity contribution in [1.82, 2.24) is 9.97 Å². The van der Waals surface area contributed by atoms with E-state index in [0.29, 0.717) is 28.6 Å². The molecule has 0 saturated carbocycles. The largest absolute Gasteiger partial charge is 0.507 e. The topological polar surface area (TPSA) is 92.6 Å². The smallest absolute Gasteiger partial charge is 0.301 e. The first-order chi connectivity index (χ1) is 16.5. The summed E-state index contributed by atoms with van der Waals surface area (Å²) in [6, 6.07) is 15.4. The molecule has 0 spiro atoms. The van der Waals surface area contributed by atoms with Gasteiger partial charge in [0.15, 0.2) is 5.13 Å². The second-order valence-corrected chi connectivity index (χ2v) is 8.89. The second kappa shape index (κ2) is 8.72. The van der Waals surface area contributed by atoms with Crippen LogP contribution in [0, 0.1) is 6.92 Å². The summed E-state index contributed by atoms with van der Waals surface area (Å²) in [7, 11) is 0. The number of anilines is 1. The number of rotatable bonds is 5. The molecule has 1 aliphatic rings. The Balaban J connectivity index is 1.73. The summed E-state index contributed by atoms with van der Waals surface area (Å²) in [4.78, 5) is 36.6. The molecule has 1 N–H and O–H groups in total. The van der Waals surface area contributed by atoms with Crippen LogP contribution in [0.4, 0.5) is 5.13 Å². The second-order valence-electron chi connectivity index (χ2n) is 7.88. The van der Waals surface area contributed by atoms with Gasteiger partial charge in [0.2, 0.25) is 0 Å². The van der Waals surface area contributed by atoms with Gasteiger partial charge < -0.3 is 9.84 Å². The number of nitrogens with zero attached hydrogens (tertiary/aromatic N) is 3. The molecular weight excluding hydrogens is 450 g/mol. The molecule has 0 aliphatic carbocycles. The van der Waals surface area contributed by atoms with Crippen molar-refractivity contribution in [3.8, 4) is 5.75 Å². The van der Waals surface area contributed by atoms with Crippen LogP contribution in [0.5, 0.6) is 5.75 Å². The number of Topliss-reactive ketones (excluding diaryl/α,β-unsaturated/α-hetero) is 1. The molecule has 5 rings (SSSR count). The maximum atomic E-state index is 13.3. The average Bonchev–Trinajstić information content (AvgIpc) is 3.37. The molecule has 2 aromatic carbocycles. The van der Waals surface area contributed by atoms with Gasteiger partial charge >= 0.3 is 5.91 Å². The summed E-state index contributed by atoms with van der Waals surface area (Å²) in [5, 5.41) is 11.5. The Morgan fingerprint density at radius 3 is 2.68 bits per heavy atom. The number of hydrogen-bond acceptors (Lipinski definition) is 7. The van der Waals surface area contributed by atoms with Crippen molar-refractivity contribution in [2.45, 2.75) is 19.9 Å². The SMILES string of the molecule is CCOc1cccc(C2/C(=C(\O)c3ccncc3)C(=O)C(=O)N2c2nc3ccc(C)cc3s2)c1. The first-order valence-electron chi connectivity index (χ1n) is 10.8. The van der Waals surface area contributed by atoms with Crippen molar-refractivity contribution in [2.24, 2.45) is 0 Å². The van der Waals surface area contributed by atoms with Crippen molar-refractivity contribution in [3.63, 3.8) is 0 Å². The van der Waals surface area contributed by atoms with Gasteiger partial charge in [0.05, 0.1) is 28.4 Å². The molecule has 1 saturated heterocycles. The van der Waals surface area contributed by atoms with E-state index >= 15 is 0 Å². The van der Waals surface area contributed by atoms with E-state index in [1.807, 2.05) is 44.2 Å². The first-order valence-corrected chi connectivity index (χ1v) is 11.6. The molecule has 2 aromatic heterocycles. The number of aromatic nitrogens is 2. The molecule has 170 valence electrons. The molecule has 1 fully saturated rings. The zero-order valence-electron chi connectivity index (χ0n) is 18.6. The average molecular weight is 472 g/mol. The van der Waals surface area contributed by atoms with E-state index in [9.17, 15) is 14.7 Å². The number of fused-ring (bicyclic) bond motifs is 1. The van der Waals surface area contributed by atoms with Gasteiger partial charge in [-0.05, 0) is 61.4 Å². The molecular formula is C26H21N3O4S. The zero-order chi connectivity index (χ0) is 23.8.